The number of aliphatic hydroxyl groups excluding tert-OH is 1. The minimum absolute atomic E-state index is 0.231. The molecule has 0 bridgehead atoms. The van der Waals surface area contributed by atoms with E-state index in [1.807, 2.05) is 13.0 Å². The number of aryl methyl sites for hydroxylation is 1. The normalized spacial score (nSPS) is 23.8. The number of furan rings is 1. The molecule has 1 aliphatic heterocycles. The SMILES string of the molecule is COC(C)(/C=C/C/C(C)=C/CCc1ccoc1)CC[C@@H](O)[C@]1(C)CCC(=O)O1. The Morgan fingerprint density at radius 3 is 2.89 bits per heavy atom. The lowest BCUT2D eigenvalue weighted by Gasteiger charge is -2.32. The Morgan fingerprint density at radius 2 is 2.29 bits per heavy atom. The van der Waals surface area contributed by atoms with Crippen molar-refractivity contribution in [2.75, 3.05) is 7.11 Å². The zero-order valence-electron chi connectivity index (χ0n) is 17.6. The van der Waals surface area contributed by atoms with Crippen LogP contribution in [0.3, 0.4) is 0 Å². The summed E-state index contributed by atoms with van der Waals surface area (Å²) in [5.74, 6) is -0.231. The van der Waals surface area contributed by atoms with Crippen LogP contribution in [0.4, 0.5) is 0 Å². The summed E-state index contributed by atoms with van der Waals surface area (Å²) < 4.78 is 16.1. The summed E-state index contributed by atoms with van der Waals surface area (Å²) in [6.07, 6.45) is 14.2. The van der Waals surface area contributed by atoms with E-state index in [0.29, 0.717) is 25.7 Å². The maximum Gasteiger partial charge on any atom is 0.306 e. The fourth-order valence-electron chi connectivity index (χ4n) is 3.43. The monoisotopic (exact) mass is 390 g/mol. The Kier molecular flexibility index (Phi) is 8.08. The summed E-state index contributed by atoms with van der Waals surface area (Å²) in [7, 11) is 1.68. The Hall–Kier alpha value is -1.85. The van der Waals surface area contributed by atoms with E-state index in [-0.39, 0.29) is 5.97 Å². The lowest BCUT2D eigenvalue weighted by Crippen LogP contribution is -2.40. The molecule has 1 N–H and O–H groups in total. The van der Waals surface area contributed by atoms with Gasteiger partial charge in [-0.05, 0) is 70.9 Å². The number of aliphatic hydroxyl groups is 1. The zero-order chi connectivity index (χ0) is 20.6. The third-order valence-corrected chi connectivity index (χ3v) is 5.67. The first-order valence-corrected chi connectivity index (χ1v) is 10.1. The van der Waals surface area contributed by atoms with Crippen molar-refractivity contribution in [3.8, 4) is 0 Å². The van der Waals surface area contributed by atoms with E-state index in [4.69, 9.17) is 13.9 Å². The van der Waals surface area contributed by atoms with Crippen molar-refractivity contribution in [1.29, 1.82) is 0 Å². The van der Waals surface area contributed by atoms with Crippen LogP contribution < -0.4 is 0 Å². The van der Waals surface area contributed by atoms with Gasteiger partial charge in [0.1, 0.15) is 5.60 Å². The standard InChI is InChI=1S/C23H34O5/c1-18(7-5-9-19-12-16-27-17-19)8-6-13-22(2,26-4)14-10-20(24)23(3)15-11-21(25)28-23/h6-7,12-13,16-17,20,24H,5,8-11,14-15H2,1-4H3/b13-6+,18-7+/t20-,22?,23+/m1/s1. The number of cyclic esters (lactones) is 1. The number of ether oxygens (including phenoxy) is 2. The van der Waals surface area contributed by atoms with Crippen molar-refractivity contribution in [3.05, 3.63) is 48.0 Å². The second kappa shape index (κ2) is 10.1. The van der Waals surface area contributed by atoms with E-state index in [1.165, 1.54) is 11.1 Å². The van der Waals surface area contributed by atoms with Crippen molar-refractivity contribution in [2.45, 2.75) is 83.0 Å². The number of carbonyl (C=O) groups excluding carboxylic acids is 1. The van der Waals surface area contributed by atoms with E-state index >= 15 is 0 Å². The molecule has 0 aromatic carbocycles. The molecule has 0 radical (unpaired) electrons. The number of methoxy groups -OCH3 is 1. The number of allylic oxidation sites excluding steroid dienone is 3. The number of rotatable bonds is 11. The van der Waals surface area contributed by atoms with Crippen LogP contribution >= 0.6 is 0 Å². The first-order valence-electron chi connectivity index (χ1n) is 10.1. The molecule has 1 saturated heterocycles. The van der Waals surface area contributed by atoms with Crippen LogP contribution in [0.5, 0.6) is 0 Å². The predicted molar refractivity (Wildman–Crippen MR) is 109 cm³/mol. The molecule has 5 nitrogen and oxygen atoms in total. The highest BCUT2D eigenvalue weighted by Crippen LogP contribution is 2.33. The van der Waals surface area contributed by atoms with Gasteiger partial charge in [0.05, 0.1) is 24.2 Å². The van der Waals surface area contributed by atoms with Crippen LogP contribution in [0, 0.1) is 0 Å². The van der Waals surface area contributed by atoms with Crippen LogP contribution in [-0.2, 0) is 20.7 Å². The third-order valence-electron chi connectivity index (χ3n) is 5.67. The summed E-state index contributed by atoms with van der Waals surface area (Å²) in [6.45, 7) is 5.94. The number of esters is 1. The number of hydrogen-bond donors (Lipinski definition) is 1. The number of carbonyl (C=O) groups is 1. The van der Waals surface area contributed by atoms with Gasteiger partial charge >= 0.3 is 5.97 Å². The second-order valence-electron chi connectivity index (χ2n) is 8.19. The molecular formula is C23H34O5. The van der Waals surface area contributed by atoms with E-state index in [9.17, 15) is 9.90 Å². The Bertz CT molecular complexity index is 675. The van der Waals surface area contributed by atoms with Gasteiger partial charge in [-0.15, -0.1) is 0 Å². The van der Waals surface area contributed by atoms with E-state index < -0.39 is 17.3 Å². The molecule has 1 unspecified atom stereocenters. The summed E-state index contributed by atoms with van der Waals surface area (Å²) in [4.78, 5) is 11.4. The fraction of sp³-hybridized carbons (Fsp3) is 0.609. The highest BCUT2D eigenvalue weighted by Gasteiger charge is 2.42. The molecule has 2 heterocycles. The molecule has 5 heteroatoms. The van der Waals surface area contributed by atoms with Crippen molar-refractivity contribution in [2.24, 2.45) is 0 Å². The Balaban J connectivity index is 1.79. The Morgan fingerprint density at radius 1 is 1.50 bits per heavy atom. The molecule has 1 aliphatic rings. The number of hydrogen-bond acceptors (Lipinski definition) is 5. The second-order valence-corrected chi connectivity index (χ2v) is 8.19. The van der Waals surface area contributed by atoms with Crippen molar-refractivity contribution < 1.29 is 23.8 Å². The molecule has 0 amide bonds. The molecule has 0 saturated carbocycles. The van der Waals surface area contributed by atoms with Gasteiger partial charge in [0.25, 0.3) is 0 Å². The molecule has 3 atom stereocenters. The minimum atomic E-state index is -0.774. The van der Waals surface area contributed by atoms with Crippen LogP contribution in [0.15, 0.2) is 46.8 Å². The summed E-state index contributed by atoms with van der Waals surface area (Å²) in [6, 6.07) is 1.99. The molecule has 2 rings (SSSR count). The van der Waals surface area contributed by atoms with Crippen LogP contribution in [0.25, 0.3) is 0 Å². The van der Waals surface area contributed by atoms with Crippen LogP contribution in [-0.4, -0.2) is 35.5 Å². The van der Waals surface area contributed by atoms with Gasteiger partial charge in [0.15, 0.2) is 0 Å². The smallest absolute Gasteiger partial charge is 0.306 e. The highest BCUT2D eigenvalue weighted by molar-refractivity contribution is 5.72. The first-order chi connectivity index (χ1) is 13.3. The first kappa shape index (κ1) is 22.4. The third kappa shape index (κ3) is 6.64. The van der Waals surface area contributed by atoms with Gasteiger partial charge < -0.3 is 19.0 Å². The summed E-state index contributed by atoms with van der Waals surface area (Å²) in [5, 5.41) is 10.5. The van der Waals surface area contributed by atoms with Gasteiger partial charge in [-0.1, -0.05) is 23.8 Å². The van der Waals surface area contributed by atoms with Crippen molar-refractivity contribution >= 4 is 5.97 Å². The zero-order valence-corrected chi connectivity index (χ0v) is 17.6. The van der Waals surface area contributed by atoms with E-state index in [1.54, 1.807) is 26.6 Å². The molecule has 0 aliphatic carbocycles. The van der Waals surface area contributed by atoms with E-state index in [2.05, 4.69) is 25.2 Å². The molecule has 156 valence electrons. The largest absolute Gasteiger partial charge is 0.472 e. The topological polar surface area (TPSA) is 68.9 Å². The summed E-state index contributed by atoms with van der Waals surface area (Å²) in [5.41, 5.74) is 1.29. The average molecular weight is 391 g/mol. The molecular weight excluding hydrogens is 356 g/mol. The predicted octanol–water partition coefficient (Wildman–Crippen LogP) is 4.75. The maximum atomic E-state index is 11.4. The van der Waals surface area contributed by atoms with Crippen LogP contribution in [0.1, 0.15) is 64.9 Å². The van der Waals surface area contributed by atoms with Gasteiger partial charge in [-0.2, -0.15) is 0 Å². The quantitative estimate of drug-likeness (QED) is 0.436. The lowest BCUT2D eigenvalue weighted by molar-refractivity contribution is -0.157. The molecule has 1 aromatic rings. The van der Waals surface area contributed by atoms with Crippen LogP contribution in [0.2, 0.25) is 0 Å². The highest BCUT2D eigenvalue weighted by atomic mass is 16.6. The lowest BCUT2D eigenvalue weighted by atomic mass is 9.88. The van der Waals surface area contributed by atoms with E-state index in [0.717, 1.165) is 19.3 Å². The summed E-state index contributed by atoms with van der Waals surface area (Å²) >= 11 is 0. The molecule has 1 aromatic heterocycles. The molecule has 28 heavy (non-hydrogen) atoms. The fourth-order valence-corrected chi connectivity index (χ4v) is 3.43. The van der Waals surface area contributed by atoms with Gasteiger partial charge in [0.2, 0.25) is 0 Å². The van der Waals surface area contributed by atoms with Gasteiger partial charge in [-0.25, -0.2) is 0 Å². The maximum absolute atomic E-state index is 11.4. The molecule has 0 spiro atoms. The Labute approximate surface area is 168 Å². The molecule has 1 fully saturated rings. The average Bonchev–Trinajstić information content (AvgIpc) is 3.30. The minimum Gasteiger partial charge on any atom is -0.472 e. The van der Waals surface area contributed by atoms with Crippen molar-refractivity contribution in [3.63, 3.8) is 0 Å². The van der Waals surface area contributed by atoms with Crippen molar-refractivity contribution in [1.82, 2.24) is 0 Å². The van der Waals surface area contributed by atoms with Gasteiger partial charge in [0, 0.05) is 13.5 Å². The van der Waals surface area contributed by atoms with Gasteiger partial charge in [-0.3, -0.25) is 4.79 Å².